The molecule has 0 radical (unpaired) electrons. The maximum atomic E-state index is 12.6. The summed E-state index contributed by atoms with van der Waals surface area (Å²) in [5.74, 6) is -0.554. The van der Waals surface area contributed by atoms with Crippen LogP contribution in [0.1, 0.15) is 25.3 Å². The molecule has 1 aromatic rings. The highest BCUT2D eigenvalue weighted by atomic mass is 16.6. The van der Waals surface area contributed by atoms with Gasteiger partial charge < -0.3 is 24.6 Å². The highest BCUT2D eigenvalue weighted by Crippen LogP contribution is 2.24. The van der Waals surface area contributed by atoms with Gasteiger partial charge in [0.15, 0.2) is 6.61 Å². The smallest absolute Gasteiger partial charge is 0.410 e. The van der Waals surface area contributed by atoms with Crippen LogP contribution in [-0.4, -0.2) is 66.8 Å². The number of amides is 3. The van der Waals surface area contributed by atoms with Crippen LogP contribution in [0.5, 0.6) is 0 Å². The number of likely N-dealkylation sites (tertiary alicyclic amines) is 1. The maximum absolute atomic E-state index is 12.6. The van der Waals surface area contributed by atoms with E-state index in [1.54, 1.807) is 11.8 Å². The second-order valence-electron chi connectivity index (χ2n) is 6.61. The Morgan fingerprint density at radius 3 is 2.63 bits per heavy atom. The molecule has 1 N–H and O–H groups in total. The second kappa shape index (κ2) is 8.75. The Labute approximate surface area is 158 Å². The molecule has 2 aliphatic heterocycles. The van der Waals surface area contributed by atoms with Gasteiger partial charge in [0, 0.05) is 31.4 Å². The van der Waals surface area contributed by atoms with Crippen LogP contribution in [0.25, 0.3) is 0 Å². The van der Waals surface area contributed by atoms with E-state index in [1.807, 2.05) is 29.2 Å². The van der Waals surface area contributed by atoms with Crippen LogP contribution in [0.15, 0.2) is 24.3 Å². The first-order chi connectivity index (χ1) is 13.1. The fourth-order valence-corrected chi connectivity index (χ4v) is 3.51. The number of urea groups is 1. The van der Waals surface area contributed by atoms with E-state index in [9.17, 15) is 14.4 Å². The van der Waals surface area contributed by atoms with E-state index in [4.69, 9.17) is 9.47 Å². The van der Waals surface area contributed by atoms with E-state index in [2.05, 4.69) is 5.32 Å². The summed E-state index contributed by atoms with van der Waals surface area (Å²) in [4.78, 5) is 39.4. The molecule has 0 saturated carbocycles. The second-order valence-corrected chi connectivity index (χ2v) is 6.61. The standard InChI is InChI=1S/C19H25N3O5/c1-2-26-17(23)13-27-19(25)21-10-8-15(9-11-21)22-12-7-14-5-3-4-6-16(14)20-18(22)24/h3-6,15H,2,7-13H2,1H3,(H,20,24). The normalized spacial score (nSPS) is 17.6. The minimum atomic E-state index is -0.554. The van der Waals surface area contributed by atoms with Gasteiger partial charge in [-0.1, -0.05) is 18.2 Å². The predicted octanol–water partition coefficient (Wildman–Crippen LogP) is 2.24. The van der Waals surface area contributed by atoms with Gasteiger partial charge in [0.2, 0.25) is 0 Å². The Kier molecular flexibility index (Phi) is 6.16. The molecule has 3 rings (SSSR count). The molecular weight excluding hydrogens is 350 g/mol. The summed E-state index contributed by atoms with van der Waals surface area (Å²) in [6.07, 6.45) is 1.64. The van der Waals surface area contributed by atoms with Crippen LogP contribution in [0.4, 0.5) is 15.3 Å². The minimum absolute atomic E-state index is 0.0772. The Bertz CT molecular complexity index is 700. The first-order valence-corrected chi connectivity index (χ1v) is 9.31. The highest BCUT2D eigenvalue weighted by molar-refractivity contribution is 5.91. The monoisotopic (exact) mass is 375 g/mol. The molecule has 8 heteroatoms. The highest BCUT2D eigenvalue weighted by Gasteiger charge is 2.31. The van der Waals surface area contributed by atoms with Gasteiger partial charge in [-0.3, -0.25) is 0 Å². The van der Waals surface area contributed by atoms with Crippen molar-refractivity contribution < 1.29 is 23.9 Å². The summed E-state index contributed by atoms with van der Waals surface area (Å²) >= 11 is 0. The largest absolute Gasteiger partial charge is 0.463 e. The average molecular weight is 375 g/mol. The molecule has 27 heavy (non-hydrogen) atoms. The van der Waals surface area contributed by atoms with Crippen molar-refractivity contribution in [2.75, 3.05) is 38.2 Å². The number of anilines is 1. The Hall–Kier alpha value is -2.77. The minimum Gasteiger partial charge on any atom is -0.463 e. The van der Waals surface area contributed by atoms with Gasteiger partial charge >= 0.3 is 18.1 Å². The fourth-order valence-electron chi connectivity index (χ4n) is 3.51. The summed E-state index contributed by atoms with van der Waals surface area (Å²) in [6.45, 7) is 3.21. The van der Waals surface area contributed by atoms with Crippen molar-refractivity contribution >= 4 is 23.8 Å². The van der Waals surface area contributed by atoms with Gasteiger partial charge in [-0.2, -0.15) is 0 Å². The zero-order valence-corrected chi connectivity index (χ0v) is 15.5. The van der Waals surface area contributed by atoms with Crippen LogP contribution in [0.3, 0.4) is 0 Å². The van der Waals surface area contributed by atoms with Gasteiger partial charge in [0.05, 0.1) is 6.61 Å². The number of carbonyl (C=O) groups excluding carboxylic acids is 3. The molecule has 0 bridgehead atoms. The zero-order valence-electron chi connectivity index (χ0n) is 15.5. The lowest BCUT2D eigenvalue weighted by molar-refractivity contribution is -0.146. The molecule has 1 fully saturated rings. The molecule has 3 amide bonds. The van der Waals surface area contributed by atoms with Crippen molar-refractivity contribution in [3.63, 3.8) is 0 Å². The number of nitrogens with one attached hydrogen (secondary N) is 1. The Morgan fingerprint density at radius 1 is 1.15 bits per heavy atom. The number of carbonyl (C=O) groups is 3. The van der Waals surface area contributed by atoms with Crippen LogP contribution in [-0.2, 0) is 20.7 Å². The van der Waals surface area contributed by atoms with Gasteiger partial charge in [-0.05, 0) is 37.8 Å². The van der Waals surface area contributed by atoms with Crippen LogP contribution < -0.4 is 5.32 Å². The zero-order chi connectivity index (χ0) is 19.2. The number of fused-ring (bicyclic) bond motifs is 1. The summed E-state index contributed by atoms with van der Waals surface area (Å²) in [5.41, 5.74) is 2.00. The Morgan fingerprint density at radius 2 is 1.89 bits per heavy atom. The number of piperidine rings is 1. The summed E-state index contributed by atoms with van der Waals surface area (Å²) in [5, 5.41) is 2.98. The van der Waals surface area contributed by atoms with Crippen molar-refractivity contribution in [1.29, 1.82) is 0 Å². The van der Waals surface area contributed by atoms with Crippen molar-refractivity contribution in [2.24, 2.45) is 0 Å². The third-order valence-corrected chi connectivity index (χ3v) is 4.92. The first kappa shape index (κ1) is 19.0. The van der Waals surface area contributed by atoms with E-state index in [0.717, 1.165) is 17.7 Å². The molecule has 1 aromatic carbocycles. The van der Waals surface area contributed by atoms with E-state index in [-0.39, 0.29) is 25.3 Å². The van der Waals surface area contributed by atoms with Crippen molar-refractivity contribution in [2.45, 2.75) is 32.2 Å². The van der Waals surface area contributed by atoms with Gasteiger partial charge in [0.25, 0.3) is 0 Å². The fraction of sp³-hybridized carbons (Fsp3) is 0.526. The molecule has 2 aliphatic rings. The molecule has 0 spiro atoms. The molecule has 2 heterocycles. The average Bonchev–Trinajstić information content (AvgIpc) is 2.84. The van der Waals surface area contributed by atoms with Crippen molar-refractivity contribution in [3.05, 3.63) is 29.8 Å². The molecular formula is C19H25N3O5. The number of benzene rings is 1. The van der Waals surface area contributed by atoms with Crippen LogP contribution in [0.2, 0.25) is 0 Å². The Balaban J connectivity index is 1.50. The maximum Gasteiger partial charge on any atom is 0.410 e. The molecule has 146 valence electrons. The quantitative estimate of drug-likeness (QED) is 0.816. The topological polar surface area (TPSA) is 88.2 Å². The number of hydrogen-bond donors (Lipinski definition) is 1. The van der Waals surface area contributed by atoms with E-state index < -0.39 is 12.1 Å². The lowest BCUT2D eigenvalue weighted by atomic mass is 10.0. The number of rotatable bonds is 4. The predicted molar refractivity (Wildman–Crippen MR) is 98.4 cm³/mol. The molecule has 0 atom stereocenters. The first-order valence-electron chi connectivity index (χ1n) is 9.31. The third kappa shape index (κ3) is 4.69. The summed E-state index contributed by atoms with van der Waals surface area (Å²) in [6, 6.07) is 7.81. The number of nitrogens with zero attached hydrogens (tertiary/aromatic N) is 2. The lowest BCUT2D eigenvalue weighted by Crippen LogP contribution is -2.50. The SMILES string of the molecule is CCOC(=O)COC(=O)N1CCC(N2CCc3ccccc3NC2=O)CC1. The van der Waals surface area contributed by atoms with Crippen molar-refractivity contribution in [3.8, 4) is 0 Å². The van der Waals surface area contributed by atoms with Crippen molar-refractivity contribution in [1.82, 2.24) is 9.80 Å². The molecule has 0 aliphatic carbocycles. The number of ether oxygens (including phenoxy) is 2. The van der Waals surface area contributed by atoms with Gasteiger partial charge in [0.1, 0.15) is 0 Å². The molecule has 8 nitrogen and oxygen atoms in total. The third-order valence-electron chi connectivity index (χ3n) is 4.92. The van der Waals surface area contributed by atoms with E-state index >= 15 is 0 Å². The van der Waals surface area contributed by atoms with E-state index in [1.165, 1.54) is 0 Å². The van der Waals surface area contributed by atoms with E-state index in [0.29, 0.717) is 32.5 Å². The van der Waals surface area contributed by atoms with Crippen LogP contribution >= 0.6 is 0 Å². The number of hydrogen-bond acceptors (Lipinski definition) is 5. The lowest BCUT2D eigenvalue weighted by Gasteiger charge is -2.37. The summed E-state index contributed by atoms with van der Waals surface area (Å²) in [7, 11) is 0. The van der Waals surface area contributed by atoms with Crippen LogP contribution in [0, 0.1) is 0 Å². The molecule has 0 unspecified atom stereocenters. The number of para-hydroxylation sites is 1. The molecule has 0 aromatic heterocycles. The number of esters is 1. The van der Waals surface area contributed by atoms with Gasteiger partial charge in [-0.25, -0.2) is 14.4 Å². The molecule has 1 saturated heterocycles. The van der Waals surface area contributed by atoms with Gasteiger partial charge in [-0.15, -0.1) is 0 Å². The summed E-state index contributed by atoms with van der Waals surface area (Å²) < 4.78 is 9.72.